The Morgan fingerprint density at radius 3 is 2.68 bits per heavy atom. The SMILES string of the molecule is CCC(C)C(N)C(=O)NCCN(C(=O)C(Cl)Cl)c1cccc(-c2ccno2)c1. The fourth-order valence-electron chi connectivity index (χ4n) is 2.60. The molecule has 9 heteroatoms. The van der Waals surface area contributed by atoms with Gasteiger partial charge >= 0.3 is 0 Å². The Kier molecular flexibility index (Phi) is 8.29. The maximum absolute atomic E-state index is 12.5. The van der Waals surface area contributed by atoms with Crippen LogP contribution in [0.3, 0.4) is 0 Å². The molecule has 0 aliphatic carbocycles. The summed E-state index contributed by atoms with van der Waals surface area (Å²) in [6.45, 7) is 4.29. The monoisotopic (exact) mass is 426 g/mol. The number of nitrogens with two attached hydrogens (primary N) is 1. The van der Waals surface area contributed by atoms with Crippen molar-refractivity contribution in [1.29, 1.82) is 0 Å². The van der Waals surface area contributed by atoms with E-state index in [0.29, 0.717) is 11.4 Å². The summed E-state index contributed by atoms with van der Waals surface area (Å²) >= 11 is 11.6. The van der Waals surface area contributed by atoms with Gasteiger partial charge in [-0.25, -0.2) is 0 Å². The zero-order valence-corrected chi connectivity index (χ0v) is 17.3. The molecule has 1 heterocycles. The van der Waals surface area contributed by atoms with Gasteiger partial charge in [0.25, 0.3) is 5.91 Å². The number of carbonyl (C=O) groups excluding carboxylic acids is 2. The molecule has 7 nitrogen and oxygen atoms in total. The molecule has 2 aromatic rings. The summed E-state index contributed by atoms with van der Waals surface area (Å²) in [5, 5.41) is 6.45. The highest BCUT2D eigenvalue weighted by atomic mass is 35.5. The number of amides is 2. The summed E-state index contributed by atoms with van der Waals surface area (Å²) in [4.78, 5) is 24.8. The van der Waals surface area contributed by atoms with Crippen LogP contribution in [0.15, 0.2) is 41.1 Å². The van der Waals surface area contributed by atoms with Gasteiger partial charge in [0.1, 0.15) is 0 Å². The van der Waals surface area contributed by atoms with Crippen LogP contribution in [-0.2, 0) is 9.59 Å². The van der Waals surface area contributed by atoms with Gasteiger partial charge < -0.3 is 20.5 Å². The van der Waals surface area contributed by atoms with Crippen molar-refractivity contribution < 1.29 is 14.1 Å². The molecule has 0 saturated heterocycles. The van der Waals surface area contributed by atoms with Crippen molar-refractivity contribution >= 4 is 40.7 Å². The van der Waals surface area contributed by atoms with E-state index in [1.807, 2.05) is 19.9 Å². The minimum Gasteiger partial charge on any atom is -0.356 e. The van der Waals surface area contributed by atoms with Gasteiger partial charge in [0, 0.05) is 30.4 Å². The Morgan fingerprint density at radius 2 is 2.07 bits per heavy atom. The van der Waals surface area contributed by atoms with Crippen molar-refractivity contribution in [2.75, 3.05) is 18.0 Å². The first-order valence-electron chi connectivity index (χ1n) is 8.99. The number of halogens is 2. The zero-order valence-electron chi connectivity index (χ0n) is 15.8. The second kappa shape index (κ2) is 10.5. The summed E-state index contributed by atoms with van der Waals surface area (Å²) in [7, 11) is 0. The van der Waals surface area contributed by atoms with Crippen LogP contribution in [-0.4, -0.2) is 40.9 Å². The third kappa shape index (κ3) is 5.70. The molecule has 2 amide bonds. The van der Waals surface area contributed by atoms with Crippen LogP contribution < -0.4 is 16.0 Å². The number of benzene rings is 1. The van der Waals surface area contributed by atoms with E-state index in [1.165, 1.54) is 11.1 Å². The molecule has 3 N–H and O–H groups in total. The van der Waals surface area contributed by atoms with E-state index in [4.69, 9.17) is 33.5 Å². The van der Waals surface area contributed by atoms with Crippen LogP contribution in [0.1, 0.15) is 20.3 Å². The van der Waals surface area contributed by atoms with E-state index in [-0.39, 0.29) is 24.9 Å². The van der Waals surface area contributed by atoms with Crippen molar-refractivity contribution in [2.45, 2.75) is 31.1 Å². The number of anilines is 1. The molecule has 152 valence electrons. The lowest BCUT2D eigenvalue weighted by Crippen LogP contribution is -2.47. The Balaban J connectivity index is 2.12. The third-order valence-corrected chi connectivity index (χ3v) is 4.90. The average molecular weight is 427 g/mol. The number of nitrogens with zero attached hydrogens (tertiary/aromatic N) is 2. The number of hydrogen-bond acceptors (Lipinski definition) is 5. The van der Waals surface area contributed by atoms with Gasteiger partial charge in [0.05, 0.1) is 12.2 Å². The third-order valence-electron chi connectivity index (χ3n) is 4.53. The first kappa shape index (κ1) is 22.2. The molecule has 0 spiro atoms. The predicted molar refractivity (Wildman–Crippen MR) is 110 cm³/mol. The predicted octanol–water partition coefficient (Wildman–Crippen LogP) is 2.97. The molecule has 0 aliphatic heterocycles. The molecule has 28 heavy (non-hydrogen) atoms. The van der Waals surface area contributed by atoms with Crippen molar-refractivity contribution in [2.24, 2.45) is 11.7 Å². The molecule has 1 aromatic carbocycles. The smallest absolute Gasteiger partial charge is 0.260 e. The molecule has 0 saturated carbocycles. The van der Waals surface area contributed by atoms with Gasteiger partial charge in [-0.15, -0.1) is 0 Å². The number of nitrogens with one attached hydrogen (secondary N) is 1. The van der Waals surface area contributed by atoms with E-state index < -0.39 is 16.8 Å². The van der Waals surface area contributed by atoms with Gasteiger partial charge in [0.15, 0.2) is 10.6 Å². The molecule has 0 aliphatic rings. The van der Waals surface area contributed by atoms with Crippen LogP contribution in [0.25, 0.3) is 11.3 Å². The van der Waals surface area contributed by atoms with Crippen LogP contribution in [0.4, 0.5) is 5.69 Å². The van der Waals surface area contributed by atoms with E-state index in [9.17, 15) is 9.59 Å². The molecule has 0 bridgehead atoms. The lowest BCUT2D eigenvalue weighted by molar-refractivity contribution is -0.123. The van der Waals surface area contributed by atoms with Gasteiger partial charge in [-0.05, 0) is 18.1 Å². The highest BCUT2D eigenvalue weighted by Gasteiger charge is 2.24. The van der Waals surface area contributed by atoms with E-state index in [1.54, 1.807) is 24.3 Å². The second-order valence-corrected chi connectivity index (χ2v) is 7.52. The molecule has 0 fully saturated rings. The van der Waals surface area contributed by atoms with Crippen LogP contribution in [0.2, 0.25) is 0 Å². The largest absolute Gasteiger partial charge is 0.356 e. The Bertz CT molecular complexity index is 783. The highest BCUT2D eigenvalue weighted by molar-refractivity contribution is 6.54. The number of hydrogen-bond donors (Lipinski definition) is 2. The fraction of sp³-hybridized carbons (Fsp3) is 0.421. The molecule has 1 aromatic heterocycles. The number of aromatic nitrogens is 1. The van der Waals surface area contributed by atoms with Crippen LogP contribution >= 0.6 is 23.2 Å². The summed E-state index contributed by atoms with van der Waals surface area (Å²) < 4.78 is 5.16. The standard InChI is InChI=1S/C19H24Cl2N4O3/c1-3-12(2)16(22)18(26)23-9-10-25(19(27)17(20)21)14-6-4-5-13(11-14)15-7-8-24-28-15/h4-8,11-12,16-17H,3,9-10,22H2,1-2H3,(H,23,26). The minimum atomic E-state index is -1.23. The normalized spacial score (nSPS) is 13.2. The van der Waals surface area contributed by atoms with Crippen molar-refractivity contribution in [1.82, 2.24) is 10.5 Å². The van der Waals surface area contributed by atoms with Gasteiger partial charge in [-0.2, -0.15) is 0 Å². The maximum Gasteiger partial charge on any atom is 0.260 e. The van der Waals surface area contributed by atoms with Crippen molar-refractivity contribution in [3.63, 3.8) is 0 Å². The molecular formula is C19H24Cl2N4O3. The number of carbonyl (C=O) groups is 2. The summed E-state index contributed by atoms with van der Waals surface area (Å²) in [5.41, 5.74) is 7.25. The van der Waals surface area contributed by atoms with E-state index in [2.05, 4.69) is 10.5 Å². The van der Waals surface area contributed by atoms with Crippen LogP contribution in [0, 0.1) is 5.92 Å². The second-order valence-electron chi connectivity index (χ2n) is 6.42. The molecule has 2 rings (SSSR count). The van der Waals surface area contributed by atoms with E-state index >= 15 is 0 Å². The summed E-state index contributed by atoms with van der Waals surface area (Å²) in [6.07, 6.45) is 2.34. The van der Waals surface area contributed by atoms with E-state index in [0.717, 1.165) is 12.0 Å². The minimum absolute atomic E-state index is 0.0615. The lowest BCUT2D eigenvalue weighted by atomic mass is 9.99. The van der Waals surface area contributed by atoms with Crippen LogP contribution in [0.5, 0.6) is 0 Å². The highest BCUT2D eigenvalue weighted by Crippen LogP contribution is 2.25. The van der Waals surface area contributed by atoms with Crippen molar-refractivity contribution in [3.8, 4) is 11.3 Å². The summed E-state index contributed by atoms with van der Waals surface area (Å²) in [6, 6.07) is 8.24. The molecule has 2 atom stereocenters. The first-order chi connectivity index (χ1) is 13.3. The van der Waals surface area contributed by atoms with Gasteiger partial charge in [-0.3, -0.25) is 9.59 Å². The molecule has 2 unspecified atom stereocenters. The van der Waals surface area contributed by atoms with Gasteiger partial charge in [0.2, 0.25) is 5.91 Å². The molecule has 0 radical (unpaired) electrons. The maximum atomic E-state index is 12.5. The summed E-state index contributed by atoms with van der Waals surface area (Å²) in [5.74, 6) is -0.120. The van der Waals surface area contributed by atoms with Gasteiger partial charge in [-0.1, -0.05) is 60.8 Å². The first-order valence-corrected chi connectivity index (χ1v) is 9.86. The topological polar surface area (TPSA) is 101 Å². The quantitative estimate of drug-likeness (QED) is 0.600. The molecular weight excluding hydrogens is 403 g/mol. The fourth-order valence-corrected chi connectivity index (χ4v) is 2.83. The average Bonchev–Trinajstić information content (AvgIpc) is 3.24. The Morgan fingerprint density at radius 1 is 1.32 bits per heavy atom. The Labute approximate surface area is 174 Å². The number of rotatable bonds is 9. The van der Waals surface area contributed by atoms with Crippen molar-refractivity contribution in [3.05, 3.63) is 36.5 Å². The zero-order chi connectivity index (χ0) is 20.7. The number of alkyl halides is 2. The Hall–Kier alpha value is -2.09. The lowest BCUT2D eigenvalue weighted by Gasteiger charge is -2.25.